The fourth-order valence-corrected chi connectivity index (χ4v) is 3.56. The van der Waals surface area contributed by atoms with Gasteiger partial charge in [0, 0.05) is 38.4 Å². The number of para-hydroxylation sites is 1. The number of nitrogens with one attached hydrogen (secondary N) is 1. The number of fused-ring (bicyclic) bond motifs is 1. The Morgan fingerprint density at radius 1 is 1.04 bits per heavy atom. The summed E-state index contributed by atoms with van der Waals surface area (Å²) in [5, 5.41) is 3.04. The lowest BCUT2D eigenvalue weighted by Gasteiger charge is -2.38. The van der Waals surface area contributed by atoms with Gasteiger partial charge in [-0.3, -0.25) is 9.69 Å². The van der Waals surface area contributed by atoms with Crippen molar-refractivity contribution in [3.63, 3.8) is 0 Å². The Morgan fingerprint density at radius 3 is 2.56 bits per heavy atom. The number of ether oxygens (including phenoxy) is 2. The van der Waals surface area contributed by atoms with Crippen LogP contribution in [0.1, 0.15) is 12.5 Å². The highest BCUT2D eigenvalue weighted by Gasteiger charge is 2.25. The molecular formula is C21H25N3O3. The molecule has 6 heteroatoms. The number of carbonyl (C=O) groups excluding carboxylic acids is 1. The van der Waals surface area contributed by atoms with Crippen molar-refractivity contribution in [3.05, 3.63) is 54.1 Å². The molecule has 1 fully saturated rings. The normalized spacial score (nSPS) is 17.6. The Bertz CT molecular complexity index is 789. The number of hydrogen-bond donors (Lipinski definition) is 1. The minimum atomic E-state index is -0.142. The van der Waals surface area contributed by atoms with Gasteiger partial charge in [0.25, 0.3) is 0 Å². The van der Waals surface area contributed by atoms with Gasteiger partial charge < -0.3 is 19.7 Å². The number of nitrogens with zero attached hydrogens (tertiary/aromatic N) is 2. The lowest BCUT2D eigenvalue weighted by Crippen LogP contribution is -2.53. The van der Waals surface area contributed by atoms with Gasteiger partial charge in [-0.25, -0.2) is 0 Å². The number of piperazine rings is 1. The Labute approximate surface area is 159 Å². The van der Waals surface area contributed by atoms with E-state index in [1.54, 1.807) is 0 Å². The maximum absolute atomic E-state index is 12.6. The molecule has 0 radical (unpaired) electrons. The molecule has 2 aromatic carbocycles. The molecule has 2 heterocycles. The molecule has 0 aliphatic carbocycles. The van der Waals surface area contributed by atoms with Crippen LogP contribution in [0.25, 0.3) is 0 Å². The fourth-order valence-electron chi connectivity index (χ4n) is 3.56. The topological polar surface area (TPSA) is 54.0 Å². The van der Waals surface area contributed by atoms with Gasteiger partial charge >= 0.3 is 0 Å². The van der Waals surface area contributed by atoms with E-state index < -0.39 is 0 Å². The van der Waals surface area contributed by atoms with Gasteiger partial charge in [-0.2, -0.15) is 0 Å². The van der Waals surface area contributed by atoms with E-state index in [1.165, 1.54) is 5.69 Å². The lowest BCUT2D eigenvalue weighted by atomic mass is 10.1. The van der Waals surface area contributed by atoms with Crippen molar-refractivity contribution >= 4 is 11.6 Å². The molecule has 0 bridgehead atoms. The molecule has 27 heavy (non-hydrogen) atoms. The Hall–Kier alpha value is -2.73. The van der Waals surface area contributed by atoms with Crippen LogP contribution < -0.4 is 19.7 Å². The number of rotatable bonds is 5. The second-order valence-corrected chi connectivity index (χ2v) is 6.94. The zero-order valence-corrected chi connectivity index (χ0v) is 15.6. The lowest BCUT2D eigenvalue weighted by molar-refractivity contribution is -0.126. The highest BCUT2D eigenvalue weighted by Crippen LogP contribution is 2.32. The third-order valence-corrected chi connectivity index (χ3v) is 5.27. The first-order valence-corrected chi connectivity index (χ1v) is 9.41. The van der Waals surface area contributed by atoms with E-state index in [2.05, 4.69) is 39.4 Å². The molecule has 1 N–H and O–H groups in total. The number of carbonyl (C=O) groups is 1. The predicted octanol–water partition coefficient (Wildman–Crippen LogP) is 2.24. The average Bonchev–Trinajstić information content (AvgIpc) is 3.20. The Balaban J connectivity index is 1.27. The number of benzene rings is 2. The second kappa shape index (κ2) is 7.88. The first-order chi connectivity index (χ1) is 13.2. The summed E-state index contributed by atoms with van der Waals surface area (Å²) >= 11 is 0. The molecule has 0 aromatic heterocycles. The van der Waals surface area contributed by atoms with Crippen LogP contribution in [0, 0.1) is 0 Å². The maximum atomic E-state index is 12.6. The predicted molar refractivity (Wildman–Crippen MR) is 104 cm³/mol. The van der Waals surface area contributed by atoms with Gasteiger partial charge in [0.15, 0.2) is 11.5 Å². The molecule has 142 valence electrons. The van der Waals surface area contributed by atoms with E-state index in [0.717, 1.165) is 43.2 Å². The largest absolute Gasteiger partial charge is 0.454 e. The summed E-state index contributed by atoms with van der Waals surface area (Å²) in [5.41, 5.74) is 2.26. The summed E-state index contributed by atoms with van der Waals surface area (Å²) in [6, 6.07) is 16.1. The van der Waals surface area contributed by atoms with E-state index in [-0.39, 0.29) is 18.7 Å². The second-order valence-electron chi connectivity index (χ2n) is 6.94. The molecule has 4 rings (SSSR count). The summed E-state index contributed by atoms with van der Waals surface area (Å²) < 4.78 is 10.7. The first kappa shape index (κ1) is 17.7. The van der Waals surface area contributed by atoms with Crippen LogP contribution in [0.4, 0.5) is 5.69 Å². The van der Waals surface area contributed by atoms with E-state index in [4.69, 9.17) is 9.47 Å². The van der Waals surface area contributed by atoms with Gasteiger partial charge in [-0.05, 0) is 36.8 Å². The molecule has 2 aliphatic rings. The first-order valence-electron chi connectivity index (χ1n) is 9.41. The van der Waals surface area contributed by atoms with Crippen molar-refractivity contribution < 1.29 is 14.3 Å². The summed E-state index contributed by atoms with van der Waals surface area (Å²) in [6.07, 6.45) is 0. The van der Waals surface area contributed by atoms with Crippen molar-refractivity contribution in [2.24, 2.45) is 0 Å². The molecule has 6 nitrogen and oxygen atoms in total. The highest BCUT2D eigenvalue weighted by atomic mass is 16.7. The van der Waals surface area contributed by atoms with Crippen LogP contribution in [-0.2, 0) is 11.3 Å². The third kappa shape index (κ3) is 4.01. The quantitative estimate of drug-likeness (QED) is 0.878. The van der Waals surface area contributed by atoms with E-state index in [9.17, 15) is 4.79 Å². The SMILES string of the molecule is CC(C(=O)NCc1ccc2c(c1)OCO2)N1CCN(c2ccccc2)CC1. The monoisotopic (exact) mass is 367 g/mol. The fraction of sp³-hybridized carbons (Fsp3) is 0.381. The minimum Gasteiger partial charge on any atom is -0.454 e. The van der Waals surface area contributed by atoms with Crippen LogP contribution in [0.3, 0.4) is 0 Å². The summed E-state index contributed by atoms with van der Waals surface area (Å²) in [6.45, 7) is 6.36. The summed E-state index contributed by atoms with van der Waals surface area (Å²) in [5.74, 6) is 1.56. The number of hydrogen-bond acceptors (Lipinski definition) is 5. The Morgan fingerprint density at radius 2 is 1.78 bits per heavy atom. The van der Waals surface area contributed by atoms with E-state index in [0.29, 0.717) is 6.54 Å². The number of anilines is 1. The zero-order chi connectivity index (χ0) is 18.6. The van der Waals surface area contributed by atoms with Gasteiger partial charge in [0.05, 0.1) is 6.04 Å². The molecule has 2 aromatic rings. The summed E-state index contributed by atoms with van der Waals surface area (Å²) in [4.78, 5) is 17.2. The van der Waals surface area contributed by atoms with Gasteiger partial charge in [-0.1, -0.05) is 24.3 Å². The Kier molecular flexibility index (Phi) is 5.16. The van der Waals surface area contributed by atoms with Crippen LogP contribution in [0.15, 0.2) is 48.5 Å². The average molecular weight is 367 g/mol. The van der Waals surface area contributed by atoms with Crippen LogP contribution in [-0.4, -0.2) is 49.8 Å². The standard InChI is InChI=1S/C21H25N3O3/c1-16(23-9-11-24(12-10-23)18-5-3-2-4-6-18)21(25)22-14-17-7-8-19-20(13-17)27-15-26-19/h2-8,13,16H,9-12,14-15H2,1H3,(H,22,25). The van der Waals surface area contributed by atoms with E-state index in [1.807, 2.05) is 31.2 Å². The molecule has 1 unspecified atom stereocenters. The van der Waals surface area contributed by atoms with Crippen molar-refractivity contribution in [2.75, 3.05) is 37.9 Å². The smallest absolute Gasteiger partial charge is 0.237 e. The van der Waals surface area contributed by atoms with E-state index >= 15 is 0 Å². The number of amides is 1. The summed E-state index contributed by atoms with van der Waals surface area (Å²) in [7, 11) is 0. The third-order valence-electron chi connectivity index (χ3n) is 5.27. The maximum Gasteiger partial charge on any atom is 0.237 e. The van der Waals surface area contributed by atoms with Crippen molar-refractivity contribution in [3.8, 4) is 11.5 Å². The van der Waals surface area contributed by atoms with Gasteiger partial charge in [0.1, 0.15) is 0 Å². The minimum absolute atomic E-state index is 0.0563. The van der Waals surface area contributed by atoms with Crippen molar-refractivity contribution in [2.45, 2.75) is 19.5 Å². The molecule has 1 saturated heterocycles. The van der Waals surface area contributed by atoms with Crippen molar-refractivity contribution in [1.29, 1.82) is 0 Å². The zero-order valence-electron chi connectivity index (χ0n) is 15.6. The molecule has 1 atom stereocenters. The van der Waals surface area contributed by atoms with Crippen LogP contribution >= 0.6 is 0 Å². The van der Waals surface area contributed by atoms with Gasteiger partial charge in [0.2, 0.25) is 12.7 Å². The van der Waals surface area contributed by atoms with Gasteiger partial charge in [-0.15, -0.1) is 0 Å². The molecule has 0 saturated carbocycles. The molecule has 2 aliphatic heterocycles. The highest BCUT2D eigenvalue weighted by molar-refractivity contribution is 5.81. The van der Waals surface area contributed by atoms with Crippen LogP contribution in [0.2, 0.25) is 0 Å². The van der Waals surface area contributed by atoms with Crippen LogP contribution in [0.5, 0.6) is 11.5 Å². The van der Waals surface area contributed by atoms with Crippen molar-refractivity contribution in [1.82, 2.24) is 10.2 Å². The molecular weight excluding hydrogens is 342 g/mol. The molecule has 1 amide bonds. The molecule has 0 spiro atoms.